The van der Waals surface area contributed by atoms with Crippen molar-refractivity contribution in [2.75, 3.05) is 7.11 Å². The summed E-state index contributed by atoms with van der Waals surface area (Å²) in [6.07, 6.45) is 3.36. The molecule has 0 unspecified atom stereocenters. The maximum atomic E-state index is 12.7. The van der Waals surface area contributed by atoms with Crippen molar-refractivity contribution in [2.45, 2.75) is 30.3 Å². The van der Waals surface area contributed by atoms with Crippen LogP contribution in [0, 0.1) is 13.8 Å². The summed E-state index contributed by atoms with van der Waals surface area (Å²) in [6, 6.07) is 13.5. The van der Waals surface area contributed by atoms with Gasteiger partial charge >= 0.3 is 0 Å². The van der Waals surface area contributed by atoms with Crippen LogP contribution in [0.3, 0.4) is 0 Å². The largest absolute Gasteiger partial charge is 0.481 e. The van der Waals surface area contributed by atoms with Crippen LogP contribution in [0.25, 0.3) is 0 Å². The van der Waals surface area contributed by atoms with Gasteiger partial charge in [0.25, 0.3) is 5.91 Å². The first-order valence-corrected chi connectivity index (χ1v) is 9.36. The Hall–Kier alpha value is -2.86. The van der Waals surface area contributed by atoms with Gasteiger partial charge < -0.3 is 10.1 Å². The van der Waals surface area contributed by atoms with Gasteiger partial charge in [-0.25, -0.2) is 9.97 Å². The quantitative estimate of drug-likeness (QED) is 0.696. The number of hydrogen-bond donors (Lipinski definition) is 1. The molecule has 5 nitrogen and oxygen atoms in total. The molecular weight excluding hydrogens is 358 g/mol. The lowest BCUT2D eigenvalue weighted by atomic mass is 10.2. The minimum atomic E-state index is -0.179. The molecule has 3 aromatic rings. The van der Waals surface area contributed by atoms with E-state index in [-0.39, 0.29) is 5.91 Å². The number of amides is 1. The summed E-state index contributed by atoms with van der Waals surface area (Å²) in [6.45, 7) is 4.46. The fourth-order valence-electron chi connectivity index (χ4n) is 2.68. The molecule has 27 heavy (non-hydrogen) atoms. The zero-order chi connectivity index (χ0) is 19.2. The van der Waals surface area contributed by atoms with Gasteiger partial charge in [-0.15, -0.1) is 0 Å². The summed E-state index contributed by atoms with van der Waals surface area (Å²) in [5, 5.41) is 3.61. The number of aromatic nitrogens is 2. The number of carbonyl (C=O) groups excluding carboxylic acids is 1. The molecule has 3 rings (SSSR count). The lowest BCUT2D eigenvalue weighted by Crippen LogP contribution is -2.24. The number of aryl methyl sites for hydroxylation is 2. The second-order valence-electron chi connectivity index (χ2n) is 6.08. The van der Waals surface area contributed by atoms with Gasteiger partial charge in [0.2, 0.25) is 5.88 Å². The zero-order valence-corrected chi connectivity index (χ0v) is 16.3. The van der Waals surface area contributed by atoms with Crippen LogP contribution >= 0.6 is 11.8 Å². The van der Waals surface area contributed by atoms with E-state index in [0.29, 0.717) is 23.0 Å². The normalized spacial score (nSPS) is 10.5. The maximum absolute atomic E-state index is 12.7. The highest BCUT2D eigenvalue weighted by Gasteiger charge is 2.15. The van der Waals surface area contributed by atoms with Crippen LogP contribution in [0.2, 0.25) is 0 Å². The summed E-state index contributed by atoms with van der Waals surface area (Å²) in [5.41, 5.74) is 3.74. The van der Waals surface area contributed by atoms with Crippen molar-refractivity contribution < 1.29 is 9.53 Å². The molecule has 2 heterocycles. The third-order valence-electron chi connectivity index (χ3n) is 4.04. The second kappa shape index (κ2) is 8.68. The highest BCUT2D eigenvalue weighted by Crippen LogP contribution is 2.31. The Labute approximate surface area is 163 Å². The fraction of sp³-hybridized carbons (Fsp3) is 0.190. The Kier molecular flexibility index (Phi) is 6.08. The van der Waals surface area contributed by atoms with Crippen molar-refractivity contribution in [1.29, 1.82) is 0 Å². The van der Waals surface area contributed by atoms with Crippen molar-refractivity contribution >= 4 is 17.7 Å². The predicted molar refractivity (Wildman–Crippen MR) is 106 cm³/mol. The zero-order valence-electron chi connectivity index (χ0n) is 15.5. The Morgan fingerprint density at radius 2 is 1.89 bits per heavy atom. The summed E-state index contributed by atoms with van der Waals surface area (Å²) in [7, 11) is 1.56. The molecule has 1 N–H and O–H groups in total. The molecule has 0 bridgehead atoms. The number of hydrogen-bond acceptors (Lipinski definition) is 5. The molecule has 0 fully saturated rings. The van der Waals surface area contributed by atoms with Crippen LogP contribution in [0.5, 0.6) is 5.88 Å². The SMILES string of the molecule is COc1ncccc1CNC(=O)c1cccnc1Sc1ccc(C)cc1C. The standard InChI is InChI=1S/C21H21N3O2S/c1-14-8-9-18(15(2)12-14)27-21-17(7-5-11-23-21)19(25)24-13-16-6-4-10-22-20(16)26-3/h4-12H,13H2,1-3H3,(H,24,25). The molecule has 1 aromatic carbocycles. The van der Waals surface area contributed by atoms with Gasteiger partial charge in [0.05, 0.1) is 12.7 Å². The summed E-state index contributed by atoms with van der Waals surface area (Å²) < 4.78 is 5.23. The van der Waals surface area contributed by atoms with E-state index < -0.39 is 0 Å². The molecule has 0 aliphatic heterocycles. The smallest absolute Gasteiger partial charge is 0.254 e. The molecule has 0 radical (unpaired) electrons. The minimum Gasteiger partial charge on any atom is -0.481 e. The molecule has 0 aliphatic rings. The molecule has 0 saturated carbocycles. The molecule has 1 amide bonds. The van der Waals surface area contributed by atoms with E-state index in [1.54, 1.807) is 31.6 Å². The molecule has 6 heteroatoms. The molecule has 0 aliphatic carbocycles. The van der Waals surface area contributed by atoms with Gasteiger partial charge in [-0.3, -0.25) is 4.79 Å². The topological polar surface area (TPSA) is 64.1 Å². The van der Waals surface area contributed by atoms with E-state index in [9.17, 15) is 4.79 Å². The van der Waals surface area contributed by atoms with Crippen LogP contribution in [-0.2, 0) is 6.54 Å². The average molecular weight is 379 g/mol. The van der Waals surface area contributed by atoms with E-state index in [1.165, 1.54) is 17.3 Å². The van der Waals surface area contributed by atoms with Gasteiger partial charge in [-0.05, 0) is 43.7 Å². The third kappa shape index (κ3) is 4.65. The van der Waals surface area contributed by atoms with Gasteiger partial charge in [0.1, 0.15) is 5.03 Å². The van der Waals surface area contributed by atoms with Crippen molar-refractivity contribution in [1.82, 2.24) is 15.3 Å². The van der Waals surface area contributed by atoms with Crippen molar-refractivity contribution in [3.05, 3.63) is 77.1 Å². The van der Waals surface area contributed by atoms with Crippen molar-refractivity contribution in [3.63, 3.8) is 0 Å². The van der Waals surface area contributed by atoms with Gasteiger partial charge in [0.15, 0.2) is 0 Å². The highest BCUT2D eigenvalue weighted by atomic mass is 32.2. The molecular formula is C21H21N3O2S. The van der Waals surface area contributed by atoms with Crippen LogP contribution in [0.1, 0.15) is 27.0 Å². The lowest BCUT2D eigenvalue weighted by Gasteiger charge is -2.11. The molecule has 0 saturated heterocycles. The Balaban J connectivity index is 1.77. The lowest BCUT2D eigenvalue weighted by molar-refractivity contribution is 0.0947. The molecule has 0 atom stereocenters. The second-order valence-corrected chi connectivity index (χ2v) is 7.11. The number of nitrogens with one attached hydrogen (secondary N) is 1. The van der Waals surface area contributed by atoms with Crippen LogP contribution in [-0.4, -0.2) is 23.0 Å². The van der Waals surface area contributed by atoms with E-state index in [2.05, 4.69) is 47.3 Å². The Morgan fingerprint density at radius 1 is 1.11 bits per heavy atom. The monoisotopic (exact) mass is 379 g/mol. The number of methoxy groups -OCH3 is 1. The Morgan fingerprint density at radius 3 is 2.67 bits per heavy atom. The van der Waals surface area contributed by atoms with Gasteiger partial charge in [-0.1, -0.05) is 35.5 Å². The van der Waals surface area contributed by atoms with Gasteiger partial charge in [-0.2, -0.15) is 0 Å². The minimum absolute atomic E-state index is 0.179. The van der Waals surface area contributed by atoms with Crippen LogP contribution in [0.4, 0.5) is 0 Å². The molecule has 2 aromatic heterocycles. The predicted octanol–water partition coefficient (Wildman–Crippen LogP) is 4.18. The number of nitrogens with zero attached hydrogens (tertiary/aromatic N) is 2. The summed E-state index contributed by atoms with van der Waals surface area (Å²) in [5.74, 6) is 0.329. The summed E-state index contributed by atoms with van der Waals surface area (Å²) >= 11 is 1.50. The first-order valence-electron chi connectivity index (χ1n) is 8.54. The highest BCUT2D eigenvalue weighted by molar-refractivity contribution is 7.99. The van der Waals surface area contributed by atoms with E-state index >= 15 is 0 Å². The first-order chi connectivity index (χ1) is 13.1. The number of ether oxygens (including phenoxy) is 1. The van der Waals surface area contributed by atoms with Crippen molar-refractivity contribution in [2.24, 2.45) is 0 Å². The van der Waals surface area contributed by atoms with E-state index in [4.69, 9.17) is 4.74 Å². The Bertz CT molecular complexity index is 960. The average Bonchev–Trinajstić information content (AvgIpc) is 2.69. The summed E-state index contributed by atoms with van der Waals surface area (Å²) in [4.78, 5) is 22.4. The number of carbonyl (C=O) groups is 1. The van der Waals surface area contributed by atoms with E-state index in [1.807, 2.05) is 12.1 Å². The number of pyridine rings is 2. The van der Waals surface area contributed by atoms with Crippen LogP contribution in [0.15, 0.2) is 64.8 Å². The maximum Gasteiger partial charge on any atom is 0.254 e. The van der Waals surface area contributed by atoms with E-state index in [0.717, 1.165) is 16.0 Å². The van der Waals surface area contributed by atoms with Crippen molar-refractivity contribution in [3.8, 4) is 5.88 Å². The number of rotatable bonds is 6. The molecule has 138 valence electrons. The molecule has 0 spiro atoms. The first kappa shape index (κ1) is 18.9. The number of benzene rings is 1. The third-order valence-corrected chi connectivity index (χ3v) is 5.23. The fourth-order valence-corrected chi connectivity index (χ4v) is 3.62. The van der Waals surface area contributed by atoms with Gasteiger partial charge in [0, 0.05) is 29.4 Å². The van der Waals surface area contributed by atoms with Crippen LogP contribution < -0.4 is 10.1 Å².